The maximum absolute atomic E-state index is 4.63. The molecule has 1 unspecified atom stereocenters. The molecule has 2 rings (SSSR count). The fourth-order valence-electron chi connectivity index (χ4n) is 1.83. The molecule has 17 heavy (non-hydrogen) atoms. The summed E-state index contributed by atoms with van der Waals surface area (Å²) in [6, 6.07) is 4.37. The molecule has 1 N–H and O–H groups in total. The summed E-state index contributed by atoms with van der Waals surface area (Å²) in [6.45, 7) is 7.35. The highest BCUT2D eigenvalue weighted by atomic mass is 32.1. The second-order valence-corrected chi connectivity index (χ2v) is 5.01. The Labute approximate surface area is 106 Å². The molecule has 0 amide bonds. The molecule has 0 spiro atoms. The standard InChI is InChI=1S/C13H17N3S/c1-4-15-9(2)12-10(3)16-13(17-12)11-5-7-14-8-6-11/h5-9,15H,4H2,1-3H3. The Hall–Kier alpha value is -1.26. The van der Waals surface area contributed by atoms with Gasteiger partial charge in [-0.25, -0.2) is 4.98 Å². The minimum absolute atomic E-state index is 0.369. The Morgan fingerprint density at radius 2 is 2.06 bits per heavy atom. The number of pyridine rings is 1. The topological polar surface area (TPSA) is 37.8 Å². The van der Waals surface area contributed by atoms with Gasteiger partial charge in [0.05, 0.1) is 5.69 Å². The SMILES string of the molecule is CCNC(C)c1sc(-c2ccncc2)nc1C. The quantitative estimate of drug-likeness (QED) is 0.901. The third-order valence-corrected chi connectivity index (χ3v) is 4.05. The number of aryl methyl sites for hydroxylation is 1. The number of nitrogens with one attached hydrogen (secondary N) is 1. The van der Waals surface area contributed by atoms with Gasteiger partial charge < -0.3 is 5.32 Å². The van der Waals surface area contributed by atoms with E-state index in [0.717, 1.165) is 22.8 Å². The van der Waals surface area contributed by atoms with Crippen molar-refractivity contribution in [2.24, 2.45) is 0 Å². The van der Waals surface area contributed by atoms with Gasteiger partial charge in [-0.05, 0) is 32.5 Å². The third-order valence-electron chi connectivity index (χ3n) is 2.66. The van der Waals surface area contributed by atoms with E-state index in [2.05, 4.69) is 36.1 Å². The van der Waals surface area contributed by atoms with Gasteiger partial charge in [0.15, 0.2) is 0 Å². The van der Waals surface area contributed by atoms with E-state index in [1.54, 1.807) is 23.7 Å². The first-order valence-electron chi connectivity index (χ1n) is 5.83. The largest absolute Gasteiger partial charge is 0.310 e. The Bertz CT molecular complexity index is 479. The van der Waals surface area contributed by atoms with Gasteiger partial charge in [-0.2, -0.15) is 0 Å². The van der Waals surface area contributed by atoms with Crippen LogP contribution in [0.5, 0.6) is 0 Å². The lowest BCUT2D eigenvalue weighted by atomic mass is 10.2. The smallest absolute Gasteiger partial charge is 0.124 e. The Balaban J connectivity index is 2.31. The van der Waals surface area contributed by atoms with E-state index < -0.39 is 0 Å². The summed E-state index contributed by atoms with van der Waals surface area (Å²) in [5, 5.41) is 4.50. The van der Waals surface area contributed by atoms with Crippen molar-refractivity contribution in [2.75, 3.05) is 6.54 Å². The number of nitrogens with zero attached hydrogens (tertiary/aromatic N) is 2. The first kappa shape index (κ1) is 12.2. The predicted molar refractivity (Wildman–Crippen MR) is 72.2 cm³/mol. The summed E-state index contributed by atoms with van der Waals surface area (Å²) in [5.74, 6) is 0. The average molecular weight is 247 g/mol. The molecule has 0 aromatic carbocycles. The Kier molecular flexibility index (Phi) is 3.86. The van der Waals surface area contributed by atoms with Crippen LogP contribution in [0.2, 0.25) is 0 Å². The first-order chi connectivity index (χ1) is 8.22. The van der Waals surface area contributed by atoms with Crippen molar-refractivity contribution >= 4 is 11.3 Å². The number of rotatable bonds is 4. The molecular weight excluding hydrogens is 230 g/mol. The summed E-state index contributed by atoms with van der Waals surface area (Å²) in [7, 11) is 0. The zero-order valence-corrected chi connectivity index (χ0v) is 11.2. The van der Waals surface area contributed by atoms with Crippen LogP contribution in [0.3, 0.4) is 0 Å². The lowest BCUT2D eigenvalue weighted by Crippen LogP contribution is -2.17. The van der Waals surface area contributed by atoms with Crippen LogP contribution in [-0.2, 0) is 0 Å². The van der Waals surface area contributed by atoms with Crippen LogP contribution in [0.25, 0.3) is 10.6 Å². The number of hydrogen-bond acceptors (Lipinski definition) is 4. The van der Waals surface area contributed by atoms with E-state index >= 15 is 0 Å². The molecule has 0 saturated heterocycles. The van der Waals surface area contributed by atoms with E-state index in [9.17, 15) is 0 Å². The Morgan fingerprint density at radius 3 is 2.71 bits per heavy atom. The van der Waals surface area contributed by atoms with Gasteiger partial charge in [0.25, 0.3) is 0 Å². The second-order valence-electron chi connectivity index (χ2n) is 3.98. The second kappa shape index (κ2) is 5.38. The number of aromatic nitrogens is 2. The maximum atomic E-state index is 4.63. The van der Waals surface area contributed by atoms with E-state index in [4.69, 9.17) is 0 Å². The monoisotopic (exact) mass is 247 g/mol. The molecule has 1 atom stereocenters. The van der Waals surface area contributed by atoms with Gasteiger partial charge in [0.2, 0.25) is 0 Å². The van der Waals surface area contributed by atoms with Crippen molar-refractivity contribution in [2.45, 2.75) is 26.8 Å². The third kappa shape index (κ3) is 2.70. The lowest BCUT2D eigenvalue weighted by molar-refractivity contribution is 0.603. The number of hydrogen-bond donors (Lipinski definition) is 1. The van der Waals surface area contributed by atoms with Gasteiger partial charge >= 0.3 is 0 Å². The molecule has 0 aliphatic heterocycles. The molecule has 2 aromatic heterocycles. The average Bonchev–Trinajstić information content (AvgIpc) is 2.73. The normalized spacial score (nSPS) is 12.6. The summed E-state index contributed by atoms with van der Waals surface area (Å²) >= 11 is 1.76. The molecule has 2 aromatic rings. The molecule has 0 bridgehead atoms. The molecule has 4 heteroatoms. The van der Waals surface area contributed by atoms with Crippen LogP contribution < -0.4 is 5.32 Å². The zero-order valence-electron chi connectivity index (χ0n) is 10.4. The molecular formula is C13H17N3S. The minimum atomic E-state index is 0.369. The molecule has 0 aliphatic carbocycles. The summed E-state index contributed by atoms with van der Waals surface area (Å²) in [5.41, 5.74) is 2.26. The van der Waals surface area contributed by atoms with Crippen molar-refractivity contribution in [1.82, 2.24) is 15.3 Å². The van der Waals surface area contributed by atoms with Gasteiger partial charge in [0, 0.05) is 28.9 Å². The van der Waals surface area contributed by atoms with Crippen molar-refractivity contribution in [3.8, 4) is 10.6 Å². The maximum Gasteiger partial charge on any atom is 0.124 e. The van der Waals surface area contributed by atoms with Crippen LogP contribution >= 0.6 is 11.3 Å². The van der Waals surface area contributed by atoms with Gasteiger partial charge in [0.1, 0.15) is 5.01 Å². The first-order valence-corrected chi connectivity index (χ1v) is 6.65. The van der Waals surface area contributed by atoms with E-state index in [-0.39, 0.29) is 0 Å². The lowest BCUT2D eigenvalue weighted by Gasteiger charge is -2.09. The Morgan fingerprint density at radius 1 is 1.35 bits per heavy atom. The fourth-order valence-corrected chi connectivity index (χ4v) is 2.93. The molecule has 0 saturated carbocycles. The minimum Gasteiger partial charge on any atom is -0.310 e. The highest BCUT2D eigenvalue weighted by Gasteiger charge is 2.14. The number of thiazole rings is 1. The van der Waals surface area contributed by atoms with Gasteiger partial charge in [-0.1, -0.05) is 6.92 Å². The molecule has 0 radical (unpaired) electrons. The molecule has 0 aliphatic rings. The molecule has 2 heterocycles. The zero-order chi connectivity index (χ0) is 12.3. The van der Waals surface area contributed by atoms with E-state index in [0.29, 0.717) is 6.04 Å². The highest BCUT2D eigenvalue weighted by Crippen LogP contribution is 2.31. The van der Waals surface area contributed by atoms with Gasteiger partial charge in [-0.3, -0.25) is 4.98 Å². The predicted octanol–water partition coefficient (Wildman–Crippen LogP) is 3.18. The van der Waals surface area contributed by atoms with Crippen molar-refractivity contribution in [3.05, 3.63) is 35.1 Å². The van der Waals surface area contributed by atoms with Crippen LogP contribution in [0, 0.1) is 6.92 Å². The van der Waals surface area contributed by atoms with Crippen molar-refractivity contribution in [1.29, 1.82) is 0 Å². The summed E-state index contributed by atoms with van der Waals surface area (Å²) < 4.78 is 0. The van der Waals surface area contributed by atoms with Crippen molar-refractivity contribution in [3.63, 3.8) is 0 Å². The molecule has 90 valence electrons. The van der Waals surface area contributed by atoms with Crippen LogP contribution in [0.1, 0.15) is 30.5 Å². The van der Waals surface area contributed by atoms with Crippen molar-refractivity contribution < 1.29 is 0 Å². The van der Waals surface area contributed by atoms with Crippen LogP contribution in [0.4, 0.5) is 0 Å². The highest BCUT2D eigenvalue weighted by molar-refractivity contribution is 7.15. The van der Waals surface area contributed by atoms with Gasteiger partial charge in [-0.15, -0.1) is 11.3 Å². The van der Waals surface area contributed by atoms with Crippen LogP contribution in [0.15, 0.2) is 24.5 Å². The molecule has 3 nitrogen and oxygen atoms in total. The molecule has 0 fully saturated rings. The van der Waals surface area contributed by atoms with Crippen LogP contribution in [-0.4, -0.2) is 16.5 Å². The van der Waals surface area contributed by atoms with E-state index in [1.165, 1.54) is 4.88 Å². The summed E-state index contributed by atoms with van der Waals surface area (Å²) in [4.78, 5) is 9.98. The van der Waals surface area contributed by atoms with E-state index in [1.807, 2.05) is 12.1 Å². The summed E-state index contributed by atoms with van der Waals surface area (Å²) in [6.07, 6.45) is 3.61. The fraction of sp³-hybridized carbons (Fsp3) is 0.385.